The van der Waals surface area contributed by atoms with Crippen LogP contribution in [0.2, 0.25) is 0 Å². The van der Waals surface area contributed by atoms with Crippen molar-refractivity contribution in [2.75, 3.05) is 26.2 Å². The molecule has 1 aliphatic heterocycles. The van der Waals surface area contributed by atoms with Gasteiger partial charge in [-0.1, -0.05) is 18.9 Å². The van der Waals surface area contributed by atoms with Gasteiger partial charge in [-0.2, -0.15) is 0 Å². The highest BCUT2D eigenvalue weighted by Gasteiger charge is 2.28. The molecule has 1 saturated heterocycles. The summed E-state index contributed by atoms with van der Waals surface area (Å²) < 4.78 is 0. The minimum atomic E-state index is -0.0430. The van der Waals surface area contributed by atoms with E-state index in [1.807, 2.05) is 17.9 Å². The van der Waals surface area contributed by atoms with Crippen molar-refractivity contribution in [3.8, 4) is 5.75 Å². The van der Waals surface area contributed by atoms with Crippen LogP contribution in [0.3, 0.4) is 0 Å². The first-order valence-corrected chi connectivity index (χ1v) is 7.98. The van der Waals surface area contributed by atoms with Gasteiger partial charge >= 0.3 is 0 Å². The summed E-state index contributed by atoms with van der Waals surface area (Å²) in [6.45, 7) is 5.37. The van der Waals surface area contributed by atoms with Crippen molar-refractivity contribution >= 4 is 5.91 Å². The minimum Gasteiger partial charge on any atom is -0.507 e. The smallest absolute Gasteiger partial charge is 0.257 e. The number of hydrogen-bond donors (Lipinski definition) is 1. The Kier molecular flexibility index (Phi) is 4.15. The van der Waals surface area contributed by atoms with Crippen molar-refractivity contribution in [1.82, 2.24) is 9.80 Å². The van der Waals surface area contributed by atoms with E-state index in [4.69, 9.17) is 0 Å². The van der Waals surface area contributed by atoms with Gasteiger partial charge in [0.25, 0.3) is 5.91 Å². The summed E-state index contributed by atoms with van der Waals surface area (Å²) in [5.74, 6) is 0.0526. The summed E-state index contributed by atoms with van der Waals surface area (Å²) >= 11 is 0. The van der Waals surface area contributed by atoms with Crippen molar-refractivity contribution < 1.29 is 9.90 Å². The van der Waals surface area contributed by atoms with E-state index in [1.165, 1.54) is 25.7 Å². The second-order valence-electron chi connectivity index (χ2n) is 6.29. The van der Waals surface area contributed by atoms with E-state index in [9.17, 15) is 9.90 Å². The van der Waals surface area contributed by atoms with Gasteiger partial charge in [-0.25, -0.2) is 0 Å². The van der Waals surface area contributed by atoms with Gasteiger partial charge in [-0.3, -0.25) is 9.69 Å². The standard InChI is InChI=1S/C17H24N2O2/c1-13-6-7-15(16(20)12-13)17(21)19-10-8-18(9-11-19)14-4-2-3-5-14/h6-7,12,14,20H,2-5,8-11H2,1H3. The van der Waals surface area contributed by atoms with Gasteiger partial charge in [0.15, 0.2) is 0 Å². The van der Waals surface area contributed by atoms with Crippen molar-refractivity contribution in [2.45, 2.75) is 38.6 Å². The van der Waals surface area contributed by atoms with Gasteiger partial charge < -0.3 is 10.0 Å². The topological polar surface area (TPSA) is 43.8 Å². The summed E-state index contributed by atoms with van der Waals surface area (Å²) in [7, 11) is 0. The third kappa shape index (κ3) is 3.05. The van der Waals surface area contributed by atoms with E-state index in [2.05, 4.69) is 4.90 Å². The molecule has 3 rings (SSSR count). The molecule has 1 aliphatic carbocycles. The molecule has 2 aliphatic rings. The van der Waals surface area contributed by atoms with Crippen LogP contribution >= 0.6 is 0 Å². The van der Waals surface area contributed by atoms with E-state index >= 15 is 0 Å². The number of amides is 1. The molecule has 0 atom stereocenters. The van der Waals surface area contributed by atoms with Crippen LogP contribution in [0.25, 0.3) is 0 Å². The first-order chi connectivity index (χ1) is 10.1. The molecule has 1 aromatic carbocycles. The fourth-order valence-electron chi connectivity index (χ4n) is 3.55. The van der Waals surface area contributed by atoms with Crippen LogP contribution < -0.4 is 0 Å². The number of carbonyl (C=O) groups is 1. The van der Waals surface area contributed by atoms with Crippen LogP contribution in [0, 0.1) is 6.92 Å². The highest BCUT2D eigenvalue weighted by molar-refractivity contribution is 5.97. The molecule has 0 aromatic heterocycles. The number of aryl methyl sites for hydroxylation is 1. The molecule has 1 N–H and O–H groups in total. The van der Waals surface area contributed by atoms with Crippen LogP contribution in [0.15, 0.2) is 18.2 Å². The van der Waals surface area contributed by atoms with E-state index < -0.39 is 0 Å². The maximum atomic E-state index is 12.5. The molecule has 0 radical (unpaired) electrons. The summed E-state index contributed by atoms with van der Waals surface area (Å²) in [6, 6.07) is 6.00. The molecule has 4 nitrogen and oxygen atoms in total. The number of benzene rings is 1. The zero-order valence-electron chi connectivity index (χ0n) is 12.7. The molecule has 114 valence electrons. The van der Waals surface area contributed by atoms with Crippen molar-refractivity contribution in [1.29, 1.82) is 0 Å². The Hall–Kier alpha value is -1.55. The maximum Gasteiger partial charge on any atom is 0.257 e. The number of carbonyl (C=O) groups excluding carboxylic acids is 1. The fraction of sp³-hybridized carbons (Fsp3) is 0.588. The lowest BCUT2D eigenvalue weighted by Gasteiger charge is -2.38. The summed E-state index contributed by atoms with van der Waals surface area (Å²) in [4.78, 5) is 16.9. The zero-order valence-corrected chi connectivity index (χ0v) is 12.7. The lowest BCUT2D eigenvalue weighted by atomic mass is 10.1. The predicted octanol–water partition coefficient (Wildman–Crippen LogP) is 2.40. The number of nitrogens with zero attached hydrogens (tertiary/aromatic N) is 2. The quantitative estimate of drug-likeness (QED) is 0.909. The van der Waals surface area contributed by atoms with Crippen LogP contribution in [0.1, 0.15) is 41.6 Å². The lowest BCUT2D eigenvalue weighted by molar-refractivity contribution is 0.0570. The van der Waals surface area contributed by atoms with Crippen LogP contribution in [0.4, 0.5) is 0 Å². The van der Waals surface area contributed by atoms with Crippen molar-refractivity contribution in [3.05, 3.63) is 29.3 Å². The third-order valence-electron chi connectivity index (χ3n) is 4.83. The van der Waals surface area contributed by atoms with Crippen molar-refractivity contribution in [3.63, 3.8) is 0 Å². The average Bonchev–Trinajstić information content (AvgIpc) is 3.01. The van der Waals surface area contributed by atoms with Gasteiger partial charge in [-0.05, 0) is 37.5 Å². The Morgan fingerprint density at radius 1 is 1.14 bits per heavy atom. The Labute approximate surface area is 126 Å². The Balaban J connectivity index is 1.62. The molecular weight excluding hydrogens is 264 g/mol. The van der Waals surface area contributed by atoms with Crippen LogP contribution in [-0.4, -0.2) is 53.0 Å². The normalized spacial score (nSPS) is 20.9. The first kappa shape index (κ1) is 14.4. The molecule has 1 saturated carbocycles. The van der Waals surface area contributed by atoms with Gasteiger partial charge in [0.2, 0.25) is 0 Å². The molecule has 1 amide bonds. The number of aromatic hydroxyl groups is 1. The SMILES string of the molecule is Cc1ccc(C(=O)N2CCN(C3CCCC3)CC2)c(O)c1. The zero-order chi connectivity index (χ0) is 14.8. The highest BCUT2D eigenvalue weighted by atomic mass is 16.3. The largest absolute Gasteiger partial charge is 0.507 e. The predicted molar refractivity (Wildman–Crippen MR) is 82.6 cm³/mol. The van der Waals surface area contributed by atoms with Gasteiger partial charge in [-0.15, -0.1) is 0 Å². The minimum absolute atomic E-state index is 0.0430. The number of rotatable bonds is 2. The highest BCUT2D eigenvalue weighted by Crippen LogP contribution is 2.25. The summed E-state index contributed by atoms with van der Waals surface area (Å²) in [5.41, 5.74) is 1.39. The molecule has 1 heterocycles. The Bertz CT molecular complexity index is 516. The van der Waals surface area contributed by atoms with Crippen LogP contribution in [0.5, 0.6) is 5.75 Å². The maximum absolute atomic E-state index is 12.5. The summed E-state index contributed by atoms with van der Waals surface area (Å²) in [6.07, 6.45) is 5.32. The van der Waals surface area contributed by atoms with E-state index in [1.54, 1.807) is 12.1 Å². The molecule has 1 aromatic rings. The third-order valence-corrected chi connectivity index (χ3v) is 4.83. The van der Waals surface area contributed by atoms with Crippen molar-refractivity contribution in [2.24, 2.45) is 0 Å². The van der Waals surface area contributed by atoms with Gasteiger partial charge in [0.05, 0.1) is 5.56 Å². The molecule has 0 bridgehead atoms. The first-order valence-electron chi connectivity index (χ1n) is 7.98. The average molecular weight is 288 g/mol. The second kappa shape index (κ2) is 6.06. The Morgan fingerprint density at radius 2 is 1.81 bits per heavy atom. The van der Waals surface area contributed by atoms with E-state index in [0.29, 0.717) is 5.56 Å². The number of hydrogen-bond acceptors (Lipinski definition) is 3. The summed E-state index contributed by atoms with van der Waals surface area (Å²) in [5, 5.41) is 9.96. The van der Waals surface area contributed by atoms with E-state index in [-0.39, 0.29) is 11.7 Å². The molecule has 0 unspecified atom stereocenters. The molecule has 2 fully saturated rings. The molecular formula is C17H24N2O2. The molecule has 4 heteroatoms. The Morgan fingerprint density at radius 3 is 2.43 bits per heavy atom. The monoisotopic (exact) mass is 288 g/mol. The second-order valence-corrected chi connectivity index (χ2v) is 6.29. The molecule has 21 heavy (non-hydrogen) atoms. The lowest BCUT2D eigenvalue weighted by Crippen LogP contribution is -2.51. The molecule has 0 spiro atoms. The number of phenols is 1. The fourth-order valence-corrected chi connectivity index (χ4v) is 3.55. The van der Waals surface area contributed by atoms with Gasteiger partial charge in [0.1, 0.15) is 5.75 Å². The van der Waals surface area contributed by atoms with Crippen LogP contribution in [-0.2, 0) is 0 Å². The number of piperazine rings is 1. The van der Waals surface area contributed by atoms with Gasteiger partial charge in [0, 0.05) is 32.2 Å². The number of phenolic OH excluding ortho intramolecular Hbond substituents is 1. The van der Waals surface area contributed by atoms with E-state index in [0.717, 1.165) is 37.8 Å².